The zero-order chi connectivity index (χ0) is 14.7. The van der Waals surface area contributed by atoms with Crippen molar-refractivity contribution < 1.29 is 9.36 Å². The minimum absolute atomic E-state index is 0.128. The van der Waals surface area contributed by atoms with Crippen molar-refractivity contribution in [3.8, 4) is 0 Å². The van der Waals surface area contributed by atoms with Crippen molar-refractivity contribution in [2.24, 2.45) is 0 Å². The number of hydrogen-bond acceptors (Lipinski definition) is 2. The van der Waals surface area contributed by atoms with E-state index < -0.39 is 0 Å². The highest BCUT2D eigenvalue weighted by molar-refractivity contribution is 7.98. The summed E-state index contributed by atoms with van der Waals surface area (Å²) in [6, 6.07) is 18.0. The summed E-state index contributed by atoms with van der Waals surface area (Å²) in [5.41, 5.74) is 0.758. The van der Waals surface area contributed by atoms with E-state index in [-0.39, 0.29) is 5.78 Å². The fraction of sp³-hybridized carbons (Fsp3) is 0.111. The maximum atomic E-state index is 12.3. The predicted octanol–water partition coefficient (Wildman–Crippen LogP) is 3.73. The van der Waals surface area contributed by atoms with Crippen LogP contribution in [0, 0.1) is 0 Å². The monoisotopic (exact) mass is 294 g/mol. The quantitative estimate of drug-likeness (QED) is 0.415. The molecule has 3 aromatic rings. The molecule has 0 N–H and O–H groups in total. The Kier molecular flexibility index (Phi) is 4.02. The van der Waals surface area contributed by atoms with Gasteiger partial charge < -0.3 is 0 Å². The van der Waals surface area contributed by atoms with Gasteiger partial charge in [-0.15, -0.1) is 11.8 Å². The maximum absolute atomic E-state index is 12.3. The first kappa shape index (κ1) is 13.8. The third kappa shape index (κ3) is 3.14. The highest BCUT2D eigenvalue weighted by Crippen LogP contribution is 2.15. The van der Waals surface area contributed by atoms with Gasteiger partial charge in [0, 0.05) is 21.9 Å². The van der Waals surface area contributed by atoms with Crippen molar-refractivity contribution in [2.45, 2.75) is 11.4 Å². The van der Waals surface area contributed by atoms with Gasteiger partial charge in [-0.05, 0) is 29.8 Å². The van der Waals surface area contributed by atoms with Crippen molar-refractivity contribution in [3.63, 3.8) is 0 Å². The summed E-state index contributed by atoms with van der Waals surface area (Å²) in [5, 5.41) is 2.33. The summed E-state index contributed by atoms with van der Waals surface area (Å²) in [5.74, 6) is 0.128. The number of nitrogens with zero attached hydrogens (tertiary/aromatic N) is 1. The van der Waals surface area contributed by atoms with Crippen LogP contribution < -0.4 is 4.57 Å². The van der Waals surface area contributed by atoms with Gasteiger partial charge in [-0.25, -0.2) is 0 Å². The number of aromatic nitrogens is 1. The lowest BCUT2D eigenvalue weighted by Gasteiger charge is -2.01. The maximum Gasteiger partial charge on any atom is 0.227 e. The number of fused-ring (bicyclic) bond motifs is 1. The number of Topliss-reactive ketones (excluding diaryl/α,β-unsaturated/α-hetero) is 1. The molecule has 0 unspecified atom stereocenters. The molecule has 0 spiro atoms. The van der Waals surface area contributed by atoms with Crippen LogP contribution in [0.2, 0.25) is 0 Å². The highest BCUT2D eigenvalue weighted by Gasteiger charge is 2.12. The SMILES string of the molecule is CSc1ccc(C(=O)C[n+]2ccc3ccccc3c2)cc1. The van der Waals surface area contributed by atoms with Gasteiger partial charge >= 0.3 is 0 Å². The Morgan fingerprint density at radius 1 is 1.00 bits per heavy atom. The Bertz CT molecular complexity index is 781. The van der Waals surface area contributed by atoms with E-state index in [1.807, 2.05) is 65.7 Å². The molecule has 0 amide bonds. The summed E-state index contributed by atoms with van der Waals surface area (Å²) >= 11 is 1.68. The van der Waals surface area contributed by atoms with Crippen LogP contribution in [0.4, 0.5) is 0 Å². The minimum Gasteiger partial charge on any atom is -0.287 e. The third-order valence-corrected chi connectivity index (χ3v) is 4.23. The first-order chi connectivity index (χ1) is 10.3. The molecule has 0 saturated heterocycles. The van der Waals surface area contributed by atoms with E-state index in [1.54, 1.807) is 11.8 Å². The van der Waals surface area contributed by atoms with E-state index in [0.29, 0.717) is 6.54 Å². The number of carbonyl (C=O) groups excluding carboxylic acids is 1. The molecule has 1 heterocycles. The second-order valence-corrected chi connectivity index (χ2v) is 5.78. The average molecular weight is 294 g/mol. The smallest absolute Gasteiger partial charge is 0.227 e. The number of pyridine rings is 1. The zero-order valence-corrected chi connectivity index (χ0v) is 12.6. The van der Waals surface area contributed by atoms with Crippen LogP contribution in [-0.4, -0.2) is 12.0 Å². The van der Waals surface area contributed by atoms with Gasteiger partial charge in [0.2, 0.25) is 12.3 Å². The summed E-state index contributed by atoms with van der Waals surface area (Å²) in [7, 11) is 0. The largest absolute Gasteiger partial charge is 0.287 e. The molecule has 3 heteroatoms. The van der Waals surface area contributed by atoms with Gasteiger partial charge in [-0.1, -0.05) is 30.3 Å². The molecule has 0 atom stereocenters. The Balaban J connectivity index is 1.81. The molecule has 0 radical (unpaired) electrons. The Morgan fingerprint density at radius 2 is 1.71 bits per heavy atom. The van der Waals surface area contributed by atoms with Crippen LogP contribution >= 0.6 is 11.8 Å². The molecule has 2 aromatic carbocycles. The first-order valence-electron chi connectivity index (χ1n) is 6.81. The number of ketones is 1. The normalized spacial score (nSPS) is 10.7. The predicted molar refractivity (Wildman–Crippen MR) is 86.7 cm³/mol. The Hall–Kier alpha value is -2.13. The lowest BCUT2D eigenvalue weighted by atomic mass is 10.1. The topological polar surface area (TPSA) is 20.9 Å². The summed E-state index contributed by atoms with van der Waals surface area (Å²) < 4.78 is 1.94. The van der Waals surface area contributed by atoms with Crippen molar-refractivity contribution in [1.29, 1.82) is 0 Å². The second kappa shape index (κ2) is 6.10. The standard InChI is InChI=1S/C18H16NOS/c1-21-17-8-6-15(7-9-17)18(20)13-19-11-10-14-4-2-3-5-16(14)12-19/h2-12H,13H2,1H3/q+1. The van der Waals surface area contributed by atoms with Crippen molar-refractivity contribution in [3.05, 3.63) is 72.6 Å². The van der Waals surface area contributed by atoms with Crippen molar-refractivity contribution in [2.75, 3.05) is 6.26 Å². The number of carbonyl (C=O) groups is 1. The first-order valence-corrected chi connectivity index (χ1v) is 8.04. The highest BCUT2D eigenvalue weighted by atomic mass is 32.2. The van der Waals surface area contributed by atoms with Crippen LogP contribution in [0.25, 0.3) is 10.8 Å². The van der Waals surface area contributed by atoms with Gasteiger partial charge in [0.1, 0.15) is 0 Å². The van der Waals surface area contributed by atoms with Crippen LogP contribution in [-0.2, 0) is 6.54 Å². The molecule has 1 aromatic heterocycles. The lowest BCUT2D eigenvalue weighted by molar-refractivity contribution is -0.681. The lowest BCUT2D eigenvalue weighted by Crippen LogP contribution is -2.37. The van der Waals surface area contributed by atoms with Gasteiger partial charge in [-0.2, -0.15) is 4.57 Å². The van der Waals surface area contributed by atoms with Gasteiger partial charge in [-0.3, -0.25) is 4.79 Å². The molecular weight excluding hydrogens is 278 g/mol. The molecule has 0 bridgehead atoms. The number of rotatable bonds is 4. The third-order valence-electron chi connectivity index (χ3n) is 3.48. The van der Waals surface area contributed by atoms with Crippen LogP contribution in [0.3, 0.4) is 0 Å². The summed E-state index contributed by atoms with van der Waals surface area (Å²) in [4.78, 5) is 13.5. The van der Waals surface area contributed by atoms with E-state index in [0.717, 1.165) is 10.9 Å². The van der Waals surface area contributed by atoms with Crippen LogP contribution in [0.5, 0.6) is 0 Å². The van der Waals surface area contributed by atoms with E-state index >= 15 is 0 Å². The number of hydrogen-bond donors (Lipinski definition) is 0. The molecule has 104 valence electrons. The average Bonchev–Trinajstić information content (AvgIpc) is 2.55. The van der Waals surface area contributed by atoms with E-state index in [2.05, 4.69) is 12.1 Å². The Labute approximate surface area is 128 Å². The molecule has 0 saturated carbocycles. The summed E-state index contributed by atoms with van der Waals surface area (Å²) in [6.07, 6.45) is 6.00. The minimum atomic E-state index is 0.128. The van der Waals surface area contributed by atoms with Gasteiger partial charge in [0.15, 0.2) is 12.4 Å². The van der Waals surface area contributed by atoms with E-state index in [4.69, 9.17) is 0 Å². The molecule has 0 aliphatic rings. The molecule has 3 rings (SSSR count). The van der Waals surface area contributed by atoms with Crippen molar-refractivity contribution >= 4 is 28.3 Å². The molecule has 2 nitrogen and oxygen atoms in total. The molecule has 21 heavy (non-hydrogen) atoms. The van der Waals surface area contributed by atoms with Gasteiger partial charge in [0.05, 0.1) is 0 Å². The number of thioether (sulfide) groups is 1. The molecular formula is C18H16NOS+. The van der Waals surface area contributed by atoms with E-state index in [1.165, 1.54) is 10.3 Å². The summed E-state index contributed by atoms with van der Waals surface area (Å²) in [6.45, 7) is 0.365. The van der Waals surface area contributed by atoms with Crippen molar-refractivity contribution in [1.82, 2.24) is 0 Å². The van der Waals surface area contributed by atoms with E-state index in [9.17, 15) is 4.79 Å². The Morgan fingerprint density at radius 3 is 2.43 bits per heavy atom. The fourth-order valence-electron chi connectivity index (χ4n) is 2.31. The van der Waals surface area contributed by atoms with Crippen LogP contribution in [0.1, 0.15) is 10.4 Å². The van der Waals surface area contributed by atoms with Crippen LogP contribution in [0.15, 0.2) is 71.9 Å². The molecule has 0 fully saturated rings. The molecule has 0 aliphatic carbocycles. The second-order valence-electron chi connectivity index (χ2n) is 4.90. The van der Waals surface area contributed by atoms with Gasteiger partial charge in [0.25, 0.3) is 0 Å². The molecule has 0 aliphatic heterocycles. The number of benzene rings is 2. The zero-order valence-electron chi connectivity index (χ0n) is 11.8. The fourth-order valence-corrected chi connectivity index (χ4v) is 2.72.